The Bertz CT molecular complexity index is 912. The topological polar surface area (TPSA) is 77.5 Å². The molecule has 1 aromatic rings. The number of likely N-dealkylation sites (N-methyl/N-ethyl adjacent to an activating group) is 1. The van der Waals surface area contributed by atoms with Crippen LogP contribution in [0.1, 0.15) is 86.2 Å². The molecule has 2 saturated heterocycles. The predicted molar refractivity (Wildman–Crippen MR) is 137 cm³/mol. The molecule has 0 aliphatic carbocycles. The van der Waals surface area contributed by atoms with E-state index in [0.717, 1.165) is 63.8 Å². The maximum atomic E-state index is 12.3. The van der Waals surface area contributed by atoms with Crippen LogP contribution in [0.25, 0.3) is 0 Å². The summed E-state index contributed by atoms with van der Waals surface area (Å²) in [4.78, 5) is 28.8. The van der Waals surface area contributed by atoms with E-state index in [4.69, 9.17) is 18.9 Å². The molecule has 36 heavy (non-hydrogen) atoms. The van der Waals surface area contributed by atoms with E-state index in [9.17, 15) is 9.59 Å². The number of ether oxygens (including phenoxy) is 4. The minimum atomic E-state index is -0.300. The van der Waals surface area contributed by atoms with Crippen molar-refractivity contribution in [1.29, 1.82) is 0 Å². The molecule has 0 amide bonds. The maximum Gasteiger partial charge on any atom is 0.342 e. The Labute approximate surface area is 215 Å². The quantitative estimate of drug-likeness (QED) is 0.308. The number of unbranched alkanes of at least 4 members (excludes halogenated alkanes) is 6. The summed E-state index contributed by atoms with van der Waals surface area (Å²) < 4.78 is 22.1. The first kappa shape index (κ1) is 26.7. The molecule has 3 aliphatic rings. The van der Waals surface area contributed by atoms with Crippen molar-refractivity contribution in [2.45, 2.75) is 75.9 Å². The van der Waals surface area contributed by atoms with Gasteiger partial charge in [-0.15, -0.1) is 0 Å². The van der Waals surface area contributed by atoms with Gasteiger partial charge in [0.25, 0.3) is 0 Å². The zero-order chi connectivity index (χ0) is 25.5. The molecule has 3 aliphatic heterocycles. The number of cyclic esters (lactones) is 1. The van der Waals surface area contributed by atoms with Crippen LogP contribution in [0, 0.1) is 0 Å². The predicted octanol–water partition coefficient (Wildman–Crippen LogP) is 4.36. The van der Waals surface area contributed by atoms with Gasteiger partial charge in [0, 0.05) is 44.1 Å². The van der Waals surface area contributed by atoms with Crippen LogP contribution in [0.3, 0.4) is 0 Å². The van der Waals surface area contributed by atoms with Crippen LogP contribution in [-0.2, 0) is 14.3 Å². The molecule has 0 N–H and O–H groups in total. The monoisotopic (exact) mass is 502 g/mol. The van der Waals surface area contributed by atoms with Crippen LogP contribution < -0.4 is 9.47 Å². The van der Waals surface area contributed by atoms with Crippen molar-refractivity contribution < 1.29 is 28.5 Å². The minimum Gasteiger partial charge on any atom is -0.497 e. The molecule has 200 valence electrons. The number of morpholine rings is 1. The second kappa shape index (κ2) is 12.3. The third-order valence-electron chi connectivity index (χ3n) is 7.86. The number of fused-ring (bicyclic) bond motifs is 1. The summed E-state index contributed by atoms with van der Waals surface area (Å²) in [5, 5.41) is 0. The average Bonchev–Trinajstić information content (AvgIpc) is 3.18. The lowest BCUT2D eigenvalue weighted by atomic mass is 9.89. The Morgan fingerprint density at radius 2 is 1.67 bits per heavy atom. The maximum absolute atomic E-state index is 12.3. The van der Waals surface area contributed by atoms with Crippen molar-refractivity contribution in [3.8, 4) is 11.5 Å². The molecule has 3 heterocycles. The van der Waals surface area contributed by atoms with E-state index in [0.29, 0.717) is 23.6 Å². The molecule has 1 atom stereocenters. The van der Waals surface area contributed by atoms with Crippen LogP contribution in [0.5, 0.6) is 11.5 Å². The van der Waals surface area contributed by atoms with Crippen molar-refractivity contribution in [2.75, 3.05) is 54.0 Å². The van der Waals surface area contributed by atoms with E-state index in [-0.39, 0.29) is 23.6 Å². The zero-order valence-corrected chi connectivity index (χ0v) is 22.2. The average molecular weight is 503 g/mol. The molecule has 2 fully saturated rings. The Morgan fingerprint density at radius 1 is 0.972 bits per heavy atom. The van der Waals surface area contributed by atoms with Gasteiger partial charge in [-0.1, -0.05) is 32.1 Å². The van der Waals surface area contributed by atoms with Gasteiger partial charge >= 0.3 is 11.9 Å². The fourth-order valence-electron chi connectivity index (χ4n) is 5.90. The lowest BCUT2D eigenvalue weighted by Crippen LogP contribution is -2.57. The van der Waals surface area contributed by atoms with Crippen LogP contribution in [0.2, 0.25) is 0 Å². The Hall–Kier alpha value is -2.32. The second-order valence-corrected chi connectivity index (χ2v) is 10.6. The van der Waals surface area contributed by atoms with Gasteiger partial charge < -0.3 is 23.8 Å². The Balaban J connectivity index is 1.06. The molecule has 1 unspecified atom stereocenters. The summed E-state index contributed by atoms with van der Waals surface area (Å²) in [6.07, 6.45) is 10.9. The molecule has 8 heteroatoms. The zero-order valence-electron chi connectivity index (χ0n) is 22.2. The summed E-state index contributed by atoms with van der Waals surface area (Å²) >= 11 is 0. The Kier molecular flexibility index (Phi) is 9.12. The number of rotatable bonds is 12. The first-order valence-electron chi connectivity index (χ1n) is 13.5. The normalized spacial score (nSPS) is 21.8. The lowest BCUT2D eigenvalue weighted by molar-refractivity contribution is -0.179. The number of methoxy groups -OCH3 is 2. The number of likely N-dealkylation sites (tertiary alicyclic amines) is 1. The first-order valence-corrected chi connectivity index (χ1v) is 13.5. The largest absolute Gasteiger partial charge is 0.497 e. The van der Waals surface area contributed by atoms with Crippen LogP contribution in [0.15, 0.2) is 12.1 Å². The van der Waals surface area contributed by atoms with Crippen LogP contribution >= 0.6 is 0 Å². The SMILES string of the molecule is COc1cc(OC)c2c(c1)C(CCCCCCCCCN1CCC3(CC1)CN(C)CC(=O)O3)OC2=O. The fraction of sp³-hybridized carbons (Fsp3) is 0.714. The molecular weight excluding hydrogens is 460 g/mol. The summed E-state index contributed by atoms with van der Waals surface area (Å²) in [6, 6.07) is 3.63. The summed E-state index contributed by atoms with van der Waals surface area (Å²) in [5.74, 6) is 0.825. The Morgan fingerprint density at radius 3 is 2.33 bits per heavy atom. The van der Waals surface area contributed by atoms with E-state index in [1.807, 2.05) is 13.1 Å². The number of benzene rings is 1. The number of esters is 2. The minimum absolute atomic E-state index is 0.0771. The van der Waals surface area contributed by atoms with Crippen LogP contribution in [-0.4, -0.2) is 81.3 Å². The molecule has 4 rings (SSSR count). The van der Waals surface area contributed by atoms with E-state index in [1.54, 1.807) is 20.3 Å². The molecule has 1 spiro atoms. The van der Waals surface area contributed by atoms with Gasteiger partial charge in [0.1, 0.15) is 28.8 Å². The number of carbonyl (C=O) groups excluding carboxylic acids is 2. The summed E-state index contributed by atoms with van der Waals surface area (Å²) in [5.41, 5.74) is 1.17. The van der Waals surface area contributed by atoms with Crippen molar-refractivity contribution in [2.24, 2.45) is 0 Å². The van der Waals surface area contributed by atoms with Gasteiger partial charge in [-0.25, -0.2) is 4.79 Å². The van der Waals surface area contributed by atoms with Gasteiger partial charge in [0.05, 0.1) is 20.8 Å². The number of hydrogen-bond acceptors (Lipinski definition) is 8. The standard InChI is InChI=1S/C28H42N2O6/c1-29-19-25(31)36-28(20-29)12-15-30(16-13-28)14-10-8-6-4-5-7-9-11-23-22-17-21(33-2)18-24(34-3)26(22)27(32)35-23/h17-18,23H,4-16,19-20H2,1-3H3. The third kappa shape index (κ3) is 6.51. The molecule has 8 nitrogen and oxygen atoms in total. The van der Waals surface area contributed by atoms with E-state index < -0.39 is 0 Å². The highest BCUT2D eigenvalue weighted by Crippen LogP contribution is 2.41. The van der Waals surface area contributed by atoms with Crippen molar-refractivity contribution in [3.63, 3.8) is 0 Å². The molecule has 1 aromatic carbocycles. The number of carbonyl (C=O) groups is 2. The third-order valence-corrected chi connectivity index (χ3v) is 7.86. The van der Waals surface area contributed by atoms with Gasteiger partial charge in [0.2, 0.25) is 0 Å². The fourth-order valence-corrected chi connectivity index (χ4v) is 5.90. The van der Waals surface area contributed by atoms with Gasteiger partial charge in [0.15, 0.2) is 0 Å². The second-order valence-electron chi connectivity index (χ2n) is 10.6. The van der Waals surface area contributed by atoms with Crippen molar-refractivity contribution in [1.82, 2.24) is 9.80 Å². The highest BCUT2D eigenvalue weighted by Gasteiger charge is 2.42. The van der Waals surface area contributed by atoms with E-state index >= 15 is 0 Å². The summed E-state index contributed by atoms with van der Waals surface area (Å²) in [7, 11) is 5.18. The smallest absolute Gasteiger partial charge is 0.342 e. The highest BCUT2D eigenvalue weighted by molar-refractivity contribution is 5.97. The first-order chi connectivity index (χ1) is 17.4. The van der Waals surface area contributed by atoms with E-state index in [1.165, 1.54) is 32.1 Å². The van der Waals surface area contributed by atoms with Crippen molar-refractivity contribution >= 4 is 11.9 Å². The van der Waals surface area contributed by atoms with Crippen LogP contribution in [0.4, 0.5) is 0 Å². The number of piperidine rings is 1. The van der Waals surface area contributed by atoms with Gasteiger partial charge in [-0.2, -0.15) is 0 Å². The van der Waals surface area contributed by atoms with Gasteiger partial charge in [-0.3, -0.25) is 9.69 Å². The highest BCUT2D eigenvalue weighted by atomic mass is 16.6. The molecular formula is C28H42N2O6. The van der Waals surface area contributed by atoms with Crippen molar-refractivity contribution in [3.05, 3.63) is 23.3 Å². The molecule has 0 bridgehead atoms. The molecule has 0 aromatic heterocycles. The summed E-state index contributed by atoms with van der Waals surface area (Å²) in [6.45, 7) is 4.46. The van der Waals surface area contributed by atoms with Gasteiger partial charge in [-0.05, 0) is 38.9 Å². The molecule has 0 saturated carbocycles. The lowest BCUT2D eigenvalue weighted by Gasteiger charge is -2.45. The molecule has 0 radical (unpaired) electrons. The number of hydrogen-bond donors (Lipinski definition) is 0. The van der Waals surface area contributed by atoms with E-state index in [2.05, 4.69) is 9.80 Å². The number of nitrogens with zero attached hydrogens (tertiary/aromatic N) is 2.